The van der Waals surface area contributed by atoms with Gasteiger partial charge in [-0.05, 0) is 18.6 Å². The molecule has 0 bridgehead atoms. The number of para-hydroxylation sites is 1. The molecule has 1 unspecified atom stereocenters. The Morgan fingerprint density at radius 3 is 2.17 bits per heavy atom. The van der Waals surface area contributed by atoms with E-state index >= 15 is 0 Å². The summed E-state index contributed by atoms with van der Waals surface area (Å²) in [5, 5.41) is 14.8. The molecule has 0 aromatic heterocycles. The summed E-state index contributed by atoms with van der Waals surface area (Å²) < 4.78 is 11.8. The van der Waals surface area contributed by atoms with Gasteiger partial charge in [-0.2, -0.15) is 0 Å². The topological polar surface area (TPSA) is 84.7 Å². The van der Waals surface area contributed by atoms with Crippen LogP contribution < -0.4 is 34.3 Å². The van der Waals surface area contributed by atoms with Crippen LogP contribution in [0.15, 0.2) is 30.3 Å². The maximum Gasteiger partial charge on any atom is 1.00 e. The Bertz CT molecular complexity index is 436. The molecule has 0 aliphatic carbocycles. The number of nitrogens with zero attached hydrogens (tertiary/aromatic N) is 1. The van der Waals surface area contributed by atoms with E-state index < -0.39 is 5.09 Å². The van der Waals surface area contributed by atoms with Gasteiger partial charge >= 0.3 is 29.6 Å². The van der Waals surface area contributed by atoms with Crippen molar-refractivity contribution in [1.82, 2.24) is 0 Å². The molecule has 7 heteroatoms. The van der Waals surface area contributed by atoms with Gasteiger partial charge in [0.2, 0.25) is 5.79 Å². The molecule has 0 radical (unpaired) electrons. The first-order chi connectivity index (χ1) is 11.1. The van der Waals surface area contributed by atoms with E-state index in [0.29, 0.717) is 0 Å². The predicted molar refractivity (Wildman–Crippen MR) is 88.7 cm³/mol. The standard InChI is InChI=1S/C17H26O2.NO3.Na/c1-2-3-4-5-6-10-13-17(14-15-18-17)19-16-11-8-7-9-12-16;2-1(3)4;/h7-9,11-12H,2-6,10,13-15H2,1H3;;/q;-1;+1. The summed E-state index contributed by atoms with van der Waals surface area (Å²) in [6, 6.07) is 10.0. The van der Waals surface area contributed by atoms with Crippen LogP contribution in [-0.2, 0) is 4.74 Å². The van der Waals surface area contributed by atoms with Gasteiger partial charge in [-0.1, -0.05) is 57.2 Å². The quantitative estimate of drug-likeness (QED) is 0.294. The molecule has 1 fully saturated rings. The zero-order chi connectivity index (χ0) is 17.0. The molecule has 1 aliphatic rings. The second-order valence-electron chi connectivity index (χ2n) is 5.67. The summed E-state index contributed by atoms with van der Waals surface area (Å²) in [4.78, 5) is 8.25. The zero-order valence-electron chi connectivity index (χ0n) is 14.7. The minimum absolute atomic E-state index is 0. The Morgan fingerprint density at radius 2 is 1.67 bits per heavy atom. The molecule has 6 nitrogen and oxygen atoms in total. The van der Waals surface area contributed by atoms with Crippen LogP contribution in [0.4, 0.5) is 0 Å². The first kappa shape index (κ1) is 23.2. The molecule has 1 aliphatic heterocycles. The molecule has 0 N–H and O–H groups in total. The van der Waals surface area contributed by atoms with Crippen LogP contribution in [-0.4, -0.2) is 17.5 Å². The summed E-state index contributed by atoms with van der Waals surface area (Å²) in [5.74, 6) is 0.597. The van der Waals surface area contributed by atoms with E-state index in [1.54, 1.807) is 0 Å². The van der Waals surface area contributed by atoms with Gasteiger partial charge in [-0.3, -0.25) is 0 Å². The van der Waals surface area contributed by atoms with Crippen molar-refractivity contribution in [2.75, 3.05) is 6.61 Å². The fraction of sp³-hybridized carbons (Fsp3) is 0.647. The van der Waals surface area contributed by atoms with E-state index in [-0.39, 0.29) is 35.3 Å². The van der Waals surface area contributed by atoms with Crippen LogP contribution in [0.25, 0.3) is 0 Å². The summed E-state index contributed by atoms with van der Waals surface area (Å²) in [5.41, 5.74) is 0. The van der Waals surface area contributed by atoms with E-state index in [0.717, 1.165) is 25.2 Å². The van der Waals surface area contributed by atoms with E-state index in [1.807, 2.05) is 30.3 Å². The van der Waals surface area contributed by atoms with Crippen molar-refractivity contribution in [3.63, 3.8) is 0 Å². The maximum absolute atomic E-state index is 8.25. The Hall–Kier alpha value is -0.820. The smallest absolute Gasteiger partial charge is 0.462 e. The zero-order valence-corrected chi connectivity index (χ0v) is 16.7. The van der Waals surface area contributed by atoms with Gasteiger partial charge in [-0.25, -0.2) is 0 Å². The molecule has 1 heterocycles. The fourth-order valence-electron chi connectivity index (χ4n) is 2.54. The van der Waals surface area contributed by atoms with Crippen molar-refractivity contribution in [3.8, 4) is 5.75 Å². The average molecular weight is 347 g/mol. The van der Waals surface area contributed by atoms with Gasteiger partial charge in [0.15, 0.2) is 0 Å². The van der Waals surface area contributed by atoms with Crippen molar-refractivity contribution >= 4 is 0 Å². The molecule has 1 atom stereocenters. The van der Waals surface area contributed by atoms with Crippen LogP contribution in [0, 0.1) is 15.3 Å². The summed E-state index contributed by atoms with van der Waals surface area (Å²) in [6.45, 7) is 3.09. The molecular weight excluding hydrogens is 321 g/mol. The molecular formula is C17H26NNaO5. The molecule has 0 spiro atoms. The van der Waals surface area contributed by atoms with Crippen molar-refractivity contribution in [2.45, 2.75) is 64.1 Å². The first-order valence-electron chi connectivity index (χ1n) is 8.27. The van der Waals surface area contributed by atoms with Crippen LogP contribution in [0.3, 0.4) is 0 Å². The van der Waals surface area contributed by atoms with Crippen LogP contribution in [0.5, 0.6) is 5.75 Å². The van der Waals surface area contributed by atoms with Gasteiger partial charge < -0.3 is 24.8 Å². The number of ether oxygens (including phenoxy) is 2. The van der Waals surface area contributed by atoms with E-state index in [4.69, 9.17) is 24.8 Å². The third kappa shape index (κ3) is 10.1. The number of hydrogen-bond acceptors (Lipinski definition) is 5. The van der Waals surface area contributed by atoms with Gasteiger partial charge in [0.25, 0.3) is 0 Å². The van der Waals surface area contributed by atoms with Crippen molar-refractivity contribution in [3.05, 3.63) is 45.7 Å². The van der Waals surface area contributed by atoms with Gasteiger partial charge in [0, 0.05) is 12.8 Å². The average Bonchev–Trinajstić information content (AvgIpc) is 2.48. The van der Waals surface area contributed by atoms with Gasteiger partial charge in [-0.15, -0.1) is 0 Å². The summed E-state index contributed by atoms with van der Waals surface area (Å²) >= 11 is 0. The number of benzene rings is 1. The number of hydrogen-bond donors (Lipinski definition) is 0. The van der Waals surface area contributed by atoms with Crippen molar-refractivity contribution in [1.29, 1.82) is 0 Å². The number of rotatable bonds is 9. The van der Waals surface area contributed by atoms with Gasteiger partial charge in [0.1, 0.15) is 5.75 Å². The second-order valence-corrected chi connectivity index (χ2v) is 5.67. The molecule has 0 amide bonds. The summed E-state index contributed by atoms with van der Waals surface area (Å²) in [7, 11) is 0. The van der Waals surface area contributed by atoms with Crippen molar-refractivity contribution in [2.24, 2.45) is 0 Å². The molecule has 2 rings (SSSR count). The Labute approximate surface area is 165 Å². The normalized spacial score (nSPS) is 18.4. The van der Waals surface area contributed by atoms with Crippen LogP contribution in [0.2, 0.25) is 0 Å². The largest absolute Gasteiger partial charge is 1.00 e. The maximum atomic E-state index is 8.25. The third-order valence-corrected chi connectivity index (χ3v) is 3.81. The SMILES string of the molecule is CCCCCCCCC1(Oc2ccccc2)CCO1.O=[N+]([O-])[O-].[Na+]. The molecule has 1 aromatic rings. The van der Waals surface area contributed by atoms with E-state index in [9.17, 15) is 0 Å². The molecule has 1 saturated heterocycles. The minimum atomic E-state index is -1.75. The molecule has 130 valence electrons. The van der Waals surface area contributed by atoms with E-state index in [2.05, 4.69) is 6.92 Å². The monoisotopic (exact) mass is 347 g/mol. The Morgan fingerprint density at radius 1 is 1.12 bits per heavy atom. The molecule has 1 aromatic carbocycles. The molecule has 0 saturated carbocycles. The predicted octanol–water partition coefficient (Wildman–Crippen LogP) is 1.70. The van der Waals surface area contributed by atoms with Crippen LogP contribution >= 0.6 is 0 Å². The van der Waals surface area contributed by atoms with Crippen molar-refractivity contribution < 1.29 is 44.1 Å². The van der Waals surface area contributed by atoms with E-state index in [1.165, 1.54) is 38.5 Å². The molecule has 24 heavy (non-hydrogen) atoms. The fourth-order valence-corrected chi connectivity index (χ4v) is 2.54. The third-order valence-electron chi connectivity index (χ3n) is 3.81. The van der Waals surface area contributed by atoms with Crippen LogP contribution in [0.1, 0.15) is 58.3 Å². The Kier molecular flexibility index (Phi) is 13.0. The number of unbranched alkanes of at least 4 members (excludes halogenated alkanes) is 5. The second kappa shape index (κ2) is 13.5. The Balaban J connectivity index is 0.000000954. The minimum Gasteiger partial charge on any atom is -0.462 e. The van der Waals surface area contributed by atoms with Gasteiger partial charge in [0.05, 0.1) is 11.7 Å². The summed E-state index contributed by atoms with van der Waals surface area (Å²) in [6.07, 6.45) is 9.93. The first-order valence-corrected chi connectivity index (χ1v) is 8.27.